The topological polar surface area (TPSA) is 0 Å². The number of benzene rings is 2. The molecule has 70 valence electrons. The third-order valence-electron chi connectivity index (χ3n) is 2.03. The van der Waals surface area contributed by atoms with Crippen molar-refractivity contribution in [3.63, 3.8) is 0 Å². The Hall–Kier alpha value is -1.34. The predicted molar refractivity (Wildman–Crippen MR) is 56.8 cm³/mol. The average Bonchev–Trinajstić information content (AvgIpc) is 2.19. The molecule has 0 aliphatic rings. The van der Waals surface area contributed by atoms with Crippen LogP contribution in [-0.2, 0) is 0 Å². The molecule has 0 aliphatic heterocycles. The molecule has 0 N–H and O–H groups in total. The molecule has 0 spiro atoms. The summed E-state index contributed by atoms with van der Waals surface area (Å²) in [5.74, 6) is -0.288. The Labute approximate surface area is 87.0 Å². The first-order valence-corrected chi connectivity index (χ1v) is 4.66. The van der Waals surface area contributed by atoms with E-state index in [2.05, 4.69) is 0 Å². The van der Waals surface area contributed by atoms with E-state index in [-0.39, 0.29) is 5.82 Å². The van der Waals surface area contributed by atoms with E-state index >= 15 is 0 Å². The zero-order valence-corrected chi connectivity index (χ0v) is 8.13. The van der Waals surface area contributed by atoms with Gasteiger partial charge >= 0.3 is 0 Å². The second-order valence-electron chi connectivity index (χ2n) is 2.96. The maximum Gasteiger partial charge on any atom is 0.132 e. The Morgan fingerprint density at radius 2 is 1.57 bits per heavy atom. The van der Waals surface area contributed by atoms with Crippen LogP contribution in [0.2, 0.25) is 5.02 Å². The van der Waals surface area contributed by atoms with Crippen molar-refractivity contribution in [2.75, 3.05) is 0 Å². The first-order valence-electron chi connectivity index (χ1n) is 4.28. The van der Waals surface area contributed by atoms with Crippen molar-refractivity contribution in [2.24, 2.45) is 0 Å². The van der Waals surface area contributed by atoms with E-state index in [0.29, 0.717) is 10.6 Å². The lowest BCUT2D eigenvalue weighted by Crippen LogP contribution is -1.84. The Kier molecular flexibility index (Phi) is 2.51. The van der Waals surface area contributed by atoms with Gasteiger partial charge in [-0.2, -0.15) is 0 Å². The van der Waals surface area contributed by atoms with Crippen LogP contribution in [0, 0.1) is 5.82 Å². The fourth-order valence-corrected chi connectivity index (χ4v) is 1.65. The van der Waals surface area contributed by atoms with Crippen LogP contribution < -0.4 is 0 Å². The molecule has 0 atom stereocenters. The van der Waals surface area contributed by atoms with Gasteiger partial charge in [-0.25, -0.2) is 4.39 Å². The molecule has 2 aromatic carbocycles. The van der Waals surface area contributed by atoms with Gasteiger partial charge in [-0.1, -0.05) is 48.0 Å². The van der Waals surface area contributed by atoms with Gasteiger partial charge in [-0.05, 0) is 17.7 Å². The van der Waals surface area contributed by atoms with Crippen LogP contribution >= 0.6 is 11.6 Å². The van der Waals surface area contributed by atoms with Gasteiger partial charge in [0, 0.05) is 5.56 Å². The van der Waals surface area contributed by atoms with Gasteiger partial charge in [0.15, 0.2) is 0 Å². The summed E-state index contributed by atoms with van der Waals surface area (Å²) in [7, 11) is 0. The summed E-state index contributed by atoms with van der Waals surface area (Å²) in [6.07, 6.45) is 0. The average molecular weight is 207 g/mol. The largest absolute Gasteiger partial charge is 0.206 e. The Morgan fingerprint density at radius 1 is 0.857 bits per heavy atom. The summed E-state index contributed by atoms with van der Waals surface area (Å²) in [5.41, 5.74) is 1.27. The molecule has 0 bridgehead atoms. The van der Waals surface area contributed by atoms with E-state index in [1.165, 1.54) is 6.07 Å². The van der Waals surface area contributed by atoms with Gasteiger partial charge in [0.2, 0.25) is 0 Å². The highest BCUT2D eigenvalue weighted by Crippen LogP contribution is 2.29. The highest BCUT2D eigenvalue weighted by Gasteiger charge is 2.07. The van der Waals surface area contributed by atoms with E-state index in [1.54, 1.807) is 12.1 Å². The summed E-state index contributed by atoms with van der Waals surface area (Å²) in [6, 6.07) is 14.0. The van der Waals surface area contributed by atoms with Gasteiger partial charge in [0.1, 0.15) is 5.82 Å². The molecule has 0 nitrogen and oxygen atoms in total. The third-order valence-corrected chi connectivity index (χ3v) is 2.34. The van der Waals surface area contributed by atoms with E-state index in [1.807, 2.05) is 30.3 Å². The number of hydrogen-bond acceptors (Lipinski definition) is 0. The zero-order valence-electron chi connectivity index (χ0n) is 7.37. The number of hydrogen-bond donors (Lipinski definition) is 0. The molecule has 0 heterocycles. The van der Waals surface area contributed by atoms with Crippen LogP contribution in [0.25, 0.3) is 11.1 Å². The van der Waals surface area contributed by atoms with Gasteiger partial charge in [-0.3, -0.25) is 0 Å². The lowest BCUT2D eigenvalue weighted by Gasteiger charge is -2.04. The predicted octanol–water partition coefficient (Wildman–Crippen LogP) is 4.15. The second kappa shape index (κ2) is 3.81. The maximum absolute atomic E-state index is 13.5. The van der Waals surface area contributed by atoms with Crippen molar-refractivity contribution in [3.8, 4) is 11.1 Å². The molecule has 0 aromatic heterocycles. The van der Waals surface area contributed by atoms with Gasteiger partial charge in [-0.15, -0.1) is 0 Å². The maximum atomic E-state index is 13.5. The van der Waals surface area contributed by atoms with Crippen LogP contribution in [0.15, 0.2) is 48.5 Å². The second-order valence-corrected chi connectivity index (χ2v) is 3.37. The first-order chi connectivity index (χ1) is 6.79. The smallest absolute Gasteiger partial charge is 0.132 e. The van der Waals surface area contributed by atoms with Crippen molar-refractivity contribution < 1.29 is 4.39 Å². The van der Waals surface area contributed by atoms with Crippen molar-refractivity contribution in [1.29, 1.82) is 0 Å². The van der Waals surface area contributed by atoms with Gasteiger partial charge in [0.25, 0.3) is 0 Å². The molecule has 2 rings (SSSR count). The normalized spacial score (nSPS) is 10.1. The molecule has 0 fully saturated rings. The Morgan fingerprint density at radius 3 is 2.21 bits per heavy atom. The standard InChI is InChI=1S/C12H8ClF/c13-10-7-4-8-11(14)12(10)9-5-2-1-3-6-9/h1-8H. The minimum absolute atomic E-state index is 0.288. The lowest BCUT2D eigenvalue weighted by atomic mass is 10.1. The van der Waals surface area contributed by atoms with E-state index in [9.17, 15) is 4.39 Å². The molecular formula is C12H8ClF. The molecule has 0 radical (unpaired) electrons. The van der Waals surface area contributed by atoms with E-state index < -0.39 is 0 Å². The zero-order chi connectivity index (χ0) is 9.97. The molecule has 2 aromatic rings. The van der Waals surface area contributed by atoms with Crippen molar-refractivity contribution in [2.45, 2.75) is 0 Å². The molecule has 0 saturated heterocycles. The highest BCUT2D eigenvalue weighted by molar-refractivity contribution is 6.33. The molecule has 14 heavy (non-hydrogen) atoms. The fraction of sp³-hybridized carbons (Fsp3) is 0. The summed E-state index contributed by atoms with van der Waals surface area (Å²) in [4.78, 5) is 0. The third kappa shape index (κ3) is 1.64. The van der Waals surface area contributed by atoms with Crippen LogP contribution in [0.1, 0.15) is 0 Å². The summed E-state index contributed by atoms with van der Waals surface area (Å²) >= 11 is 5.92. The van der Waals surface area contributed by atoms with E-state index in [0.717, 1.165) is 5.56 Å². The van der Waals surface area contributed by atoms with E-state index in [4.69, 9.17) is 11.6 Å². The number of halogens is 2. The fourth-order valence-electron chi connectivity index (χ4n) is 1.38. The van der Waals surface area contributed by atoms with Crippen LogP contribution in [0.5, 0.6) is 0 Å². The molecule has 0 saturated carbocycles. The molecule has 2 heteroatoms. The SMILES string of the molecule is Fc1cccc(Cl)c1-c1ccccc1. The minimum atomic E-state index is -0.288. The van der Waals surface area contributed by atoms with Crippen molar-refractivity contribution >= 4 is 11.6 Å². The summed E-state index contributed by atoms with van der Waals surface area (Å²) in [6.45, 7) is 0. The first kappa shape index (κ1) is 9.22. The summed E-state index contributed by atoms with van der Waals surface area (Å²) in [5, 5.41) is 0.441. The van der Waals surface area contributed by atoms with Crippen molar-refractivity contribution in [3.05, 3.63) is 59.4 Å². The molecule has 0 aliphatic carbocycles. The Balaban J connectivity index is 2.63. The van der Waals surface area contributed by atoms with Crippen molar-refractivity contribution in [1.82, 2.24) is 0 Å². The van der Waals surface area contributed by atoms with Crippen LogP contribution in [0.4, 0.5) is 4.39 Å². The quantitative estimate of drug-likeness (QED) is 0.658. The Bertz CT molecular complexity index is 417. The lowest BCUT2D eigenvalue weighted by molar-refractivity contribution is 0.631. The van der Waals surface area contributed by atoms with Crippen LogP contribution in [-0.4, -0.2) is 0 Å². The van der Waals surface area contributed by atoms with Crippen LogP contribution in [0.3, 0.4) is 0 Å². The monoisotopic (exact) mass is 206 g/mol. The number of rotatable bonds is 1. The molecular weight excluding hydrogens is 199 g/mol. The summed E-state index contributed by atoms with van der Waals surface area (Å²) < 4.78 is 13.5. The minimum Gasteiger partial charge on any atom is -0.206 e. The molecule has 0 unspecified atom stereocenters. The molecule has 0 amide bonds. The van der Waals surface area contributed by atoms with Gasteiger partial charge < -0.3 is 0 Å². The van der Waals surface area contributed by atoms with Gasteiger partial charge in [0.05, 0.1) is 5.02 Å². The highest BCUT2D eigenvalue weighted by atomic mass is 35.5.